The Bertz CT molecular complexity index is 1480. The minimum absolute atomic E-state index is 0.288. The predicted molar refractivity (Wildman–Crippen MR) is 119 cm³/mol. The number of pyridine rings is 1. The van der Waals surface area contributed by atoms with Crippen molar-refractivity contribution < 1.29 is 8.42 Å². The summed E-state index contributed by atoms with van der Waals surface area (Å²) in [5.74, 6) is 0.549. The molecule has 10 heteroatoms. The monoisotopic (exact) mass is 448 g/mol. The molecule has 0 saturated carbocycles. The van der Waals surface area contributed by atoms with Crippen molar-refractivity contribution in [3.05, 3.63) is 77.8 Å². The molecule has 0 amide bonds. The predicted octanol–water partition coefficient (Wildman–Crippen LogP) is 4.02. The number of aryl methyl sites for hydroxylation is 1. The number of hydrogen-bond donors (Lipinski definition) is 1. The fourth-order valence-electron chi connectivity index (χ4n) is 3.07. The number of hydrogen-bond acceptors (Lipinski definition) is 7. The largest absolute Gasteiger partial charge is 0.279 e. The second-order valence-corrected chi connectivity index (χ2v) is 9.97. The summed E-state index contributed by atoms with van der Waals surface area (Å²) in [7, 11) is -3.60. The molecule has 0 aliphatic carbocycles. The number of rotatable bonds is 5. The van der Waals surface area contributed by atoms with E-state index in [4.69, 9.17) is 0 Å². The fourth-order valence-corrected chi connectivity index (χ4v) is 5.41. The van der Waals surface area contributed by atoms with Gasteiger partial charge in [0, 0.05) is 22.3 Å². The van der Waals surface area contributed by atoms with E-state index >= 15 is 0 Å². The molecule has 31 heavy (non-hydrogen) atoms. The highest BCUT2D eigenvalue weighted by molar-refractivity contribution is 7.94. The maximum Gasteiger partial charge on any atom is 0.271 e. The first-order valence-corrected chi connectivity index (χ1v) is 11.6. The van der Waals surface area contributed by atoms with Crippen molar-refractivity contribution in [2.75, 3.05) is 4.72 Å². The summed E-state index contributed by atoms with van der Waals surface area (Å²) in [6.07, 6.45) is 1.69. The van der Waals surface area contributed by atoms with E-state index in [2.05, 4.69) is 25.0 Å². The Morgan fingerprint density at radius 2 is 1.74 bits per heavy atom. The number of thiophene rings is 1. The number of anilines is 1. The number of sulfonamides is 1. The van der Waals surface area contributed by atoms with Crippen LogP contribution < -0.4 is 4.72 Å². The van der Waals surface area contributed by atoms with Crippen molar-refractivity contribution in [2.45, 2.75) is 11.1 Å². The van der Waals surface area contributed by atoms with Gasteiger partial charge in [0.15, 0.2) is 5.65 Å². The van der Waals surface area contributed by atoms with Crippen LogP contribution in [0.25, 0.3) is 28.4 Å². The van der Waals surface area contributed by atoms with Gasteiger partial charge in [0.25, 0.3) is 10.0 Å². The molecule has 0 atom stereocenters. The van der Waals surface area contributed by atoms with Crippen LogP contribution in [0.1, 0.15) is 4.88 Å². The molecule has 5 rings (SSSR count). The zero-order valence-electron chi connectivity index (χ0n) is 16.3. The highest BCUT2D eigenvalue weighted by atomic mass is 32.2. The minimum atomic E-state index is -3.60. The SMILES string of the molecule is Cc1ccc(S(=O)(=O)Nc2ccc(-c3ccc4nnc(-c5ccccn5)n4n3)cc2)s1. The van der Waals surface area contributed by atoms with Crippen molar-refractivity contribution in [1.82, 2.24) is 24.8 Å². The average Bonchev–Trinajstić information content (AvgIpc) is 3.41. The van der Waals surface area contributed by atoms with Crippen LogP contribution in [0.3, 0.4) is 0 Å². The maximum atomic E-state index is 12.5. The van der Waals surface area contributed by atoms with Crippen LogP contribution in [0.5, 0.6) is 0 Å². The molecule has 0 spiro atoms. The van der Waals surface area contributed by atoms with E-state index in [9.17, 15) is 8.42 Å². The Kier molecular flexibility index (Phi) is 4.72. The first-order chi connectivity index (χ1) is 15.0. The zero-order valence-corrected chi connectivity index (χ0v) is 17.9. The second kappa shape index (κ2) is 7.56. The Morgan fingerprint density at radius 3 is 2.45 bits per heavy atom. The van der Waals surface area contributed by atoms with Crippen LogP contribution in [-0.4, -0.2) is 33.2 Å². The smallest absolute Gasteiger partial charge is 0.271 e. The molecule has 0 aliphatic heterocycles. The average molecular weight is 449 g/mol. The molecule has 0 saturated heterocycles. The summed E-state index contributed by atoms with van der Waals surface area (Å²) in [6.45, 7) is 1.87. The van der Waals surface area contributed by atoms with E-state index < -0.39 is 10.0 Å². The van der Waals surface area contributed by atoms with Gasteiger partial charge in [0.1, 0.15) is 9.90 Å². The molecule has 0 bridgehead atoms. The molecular weight excluding hydrogens is 432 g/mol. The third kappa shape index (κ3) is 3.78. The number of benzene rings is 1. The van der Waals surface area contributed by atoms with Gasteiger partial charge in [-0.05, 0) is 55.5 Å². The molecule has 0 fully saturated rings. The fraction of sp³-hybridized carbons (Fsp3) is 0.0476. The number of nitrogens with one attached hydrogen (secondary N) is 1. The summed E-state index contributed by atoms with van der Waals surface area (Å²) < 4.78 is 29.6. The van der Waals surface area contributed by atoms with Crippen LogP contribution in [-0.2, 0) is 10.0 Å². The van der Waals surface area contributed by atoms with Crippen molar-refractivity contribution in [3.63, 3.8) is 0 Å². The van der Waals surface area contributed by atoms with Crippen LogP contribution in [0.4, 0.5) is 5.69 Å². The third-order valence-electron chi connectivity index (χ3n) is 4.57. The van der Waals surface area contributed by atoms with E-state index in [-0.39, 0.29) is 4.21 Å². The normalized spacial score (nSPS) is 11.6. The Labute approximate surface area is 182 Å². The quantitative estimate of drug-likeness (QED) is 0.436. The van der Waals surface area contributed by atoms with Gasteiger partial charge in [-0.2, -0.15) is 9.61 Å². The second-order valence-electron chi connectivity index (χ2n) is 6.78. The lowest BCUT2D eigenvalue weighted by atomic mass is 10.1. The van der Waals surface area contributed by atoms with E-state index in [1.807, 2.05) is 49.4 Å². The summed E-state index contributed by atoms with van der Waals surface area (Å²) in [5.41, 5.74) is 3.30. The molecule has 0 unspecified atom stereocenters. The number of fused-ring (bicyclic) bond motifs is 1. The van der Waals surface area contributed by atoms with E-state index in [1.165, 1.54) is 11.3 Å². The molecular formula is C21H16N6O2S2. The molecule has 1 N–H and O–H groups in total. The maximum absolute atomic E-state index is 12.5. The first-order valence-electron chi connectivity index (χ1n) is 9.33. The van der Waals surface area contributed by atoms with Crippen LogP contribution in [0, 0.1) is 6.92 Å². The van der Waals surface area contributed by atoms with Gasteiger partial charge in [0.2, 0.25) is 5.82 Å². The molecule has 8 nitrogen and oxygen atoms in total. The molecule has 0 aliphatic rings. The first kappa shape index (κ1) is 19.3. The standard InChI is InChI=1S/C21H16N6O2S2/c1-14-5-12-20(30-14)31(28,29)26-16-8-6-15(7-9-16)17-10-11-19-23-24-21(27(19)25-17)18-4-2-3-13-22-18/h2-13,26H,1H3. The summed E-state index contributed by atoms with van der Waals surface area (Å²) in [4.78, 5) is 5.26. The minimum Gasteiger partial charge on any atom is -0.279 e. The van der Waals surface area contributed by atoms with Crippen LogP contribution in [0.2, 0.25) is 0 Å². The van der Waals surface area contributed by atoms with Gasteiger partial charge in [0.05, 0.1) is 5.69 Å². The zero-order chi connectivity index (χ0) is 21.4. The van der Waals surface area contributed by atoms with Gasteiger partial charge < -0.3 is 0 Å². The van der Waals surface area contributed by atoms with Gasteiger partial charge in [-0.25, -0.2) is 8.42 Å². The summed E-state index contributed by atoms with van der Waals surface area (Å²) in [6, 6.07) is 19.7. The van der Waals surface area contributed by atoms with Gasteiger partial charge in [-0.3, -0.25) is 9.71 Å². The molecule has 4 aromatic heterocycles. The van der Waals surface area contributed by atoms with Gasteiger partial charge >= 0.3 is 0 Å². The van der Waals surface area contributed by atoms with E-state index in [1.54, 1.807) is 35.0 Å². The van der Waals surface area contributed by atoms with E-state index in [0.717, 1.165) is 10.4 Å². The lowest BCUT2D eigenvalue weighted by molar-refractivity contribution is 0.603. The molecule has 4 heterocycles. The van der Waals surface area contributed by atoms with Crippen molar-refractivity contribution in [2.24, 2.45) is 0 Å². The topological polar surface area (TPSA) is 102 Å². The molecule has 154 valence electrons. The van der Waals surface area contributed by atoms with Crippen molar-refractivity contribution in [1.29, 1.82) is 0 Å². The highest BCUT2D eigenvalue weighted by Gasteiger charge is 2.16. The number of nitrogens with zero attached hydrogens (tertiary/aromatic N) is 5. The van der Waals surface area contributed by atoms with Crippen LogP contribution in [0.15, 0.2) is 77.1 Å². The molecule has 0 radical (unpaired) electrons. The lowest BCUT2D eigenvalue weighted by Gasteiger charge is -2.08. The lowest BCUT2D eigenvalue weighted by Crippen LogP contribution is -2.11. The Balaban J connectivity index is 1.44. The van der Waals surface area contributed by atoms with Crippen LogP contribution >= 0.6 is 11.3 Å². The van der Waals surface area contributed by atoms with Gasteiger partial charge in [-0.15, -0.1) is 21.5 Å². The molecule has 1 aromatic carbocycles. The Hall–Kier alpha value is -3.63. The highest BCUT2D eigenvalue weighted by Crippen LogP contribution is 2.25. The summed E-state index contributed by atoms with van der Waals surface area (Å²) >= 11 is 1.24. The van der Waals surface area contributed by atoms with Gasteiger partial charge in [-0.1, -0.05) is 18.2 Å². The van der Waals surface area contributed by atoms with Crippen molar-refractivity contribution >= 4 is 32.7 Å². The Morgan fingerprint density at radius 1 is 0.903 bits per heavy atom. The number of aromatic nitrogens is 5. The van der Waals surface area contributed by atoms with Crippen molar-refractivity contribution in [3.8, 4) is 22.8 Å². The molecule has 5 aromatic rings. The van der Waals surface area contributed by atoms with E-state index in [0.29, 0.717) is 28.5 Å². The third-order valence-corrected chi connectivity index (χ3v) is 7.44. The summed E-state index contributed by atoms with van der Waals surface area (Å²) in [5, 5.41) is 13.0.